The molecule has 2 aromatic rings. The van der Waals surface area contributed by atoms with Crippen LogP contribution in [0.4, 0.5) is 0 Å². The molecule has 1 aromatic heterocycles. The van der Waals surface area contributed by atoms with E-state index in [0.29, 0.717) is 0 Å². The third-order valence-corrected chi connectivity index (χ3v) is 3.13. The zero-order valence-electron chi connectivity index (χ0n) is 11.0. The molecule has 1 N–H and O–H groups in total. The van der Waals surface area contributed by atoms with Gasteiger partial charge in [0.2, 0.25) is 0 Å². The SMILES string of the molecule is C=CCNC(c1ccco1)C(C=C)c1ccccc1. The molecule has 0 saturated carbocycles. The molecule has 19 heavy (non-hydrogen) atoms. The molecule has 2 rings (SSSR count). The largest absolute Gasteiger partial charge is 0.468 e. The zero-order valence-corrected chi connectivity index (χ0v) is 11.0. The first-order valence-corrected chi connectivity index (χ1v) is 6.42. The Morgan fingerprint density at radius 3 is 2.47 bits per heavy atom. The van der Waals surface area contributed by atoms with E-state index in [1.165, 1.54) is 5.56 Å². The van der Waals surface area contributed by atoms with E-state index < -0.39 is 0 Å². The van der Waals surface area contributed by atoms with Crippen molar-refractivity contribution in [1.29, 1.82) is 0 Å². The molecule has 0 aliphatic heterocycles. The Labute approximate surface area is 114 Å². The van der Waals surface area contributed by atoms with Gasteiger partial charge in [0, 0.05) is 12.5 Å². The summed E-state index contributed by atoms with van der Waals surface area (Å²) in [6.45, 7) is 8.45. The Morgan fingerprint density at radius 2 is 1.89 bits per heavy atom. The van der Waals surface area contributed by atoms with Crippen molar-refractivity contribution < 1.29 is 4.42 Å². The average molecular weight is 253 g/mol. The van der Waals surface area contributed by atoms with Crippen molar-refractivity contribution >= 4 is 0 Å². The first-order chi connectivity index (χ1) is 9.36. The first kappa shape index (κ1) is 13.4. The lowest BCUT2D eigenvalue weighted by Gasteiger charge is -2.24. The summed E-state index contributed by atoms with van der Waals surface area (Å²) in [6, 6.07) is 14.3. The van der Waals surface area contributed by atoms with E-state index in [4.69, 9.17) is 4.42 Å². The Morgan fingerprint density at radius 1 is 1.11 bits per heavy atom. The summed E-state index contributed by atoms with van der Waals surface area (Å²) in [5.41, 5.74) is 1.22. The van der Waals surface area contributed by atoms with E-state index in [1.54, 1.807) is 6.26 Å². The van der Waals surface area contributed by atoms with Crippen LogP contribution >= 0.6 is 0 Å². The number of nitrogens with one attached hydrogen (secondary N) is 1. The number of benzene rings is 1. The Bertz CT molecular complexity index is 501. The molecule has 98 valence electrons. The van der Waals surface area contributed by atoms with Gasteiger partial charge < -0.3 is 9.73 Å². The third kappa shape index (κ3) is 3.24. The molecule has 0 radical (unpaired) electrons. The highest BCUT2D eigenvalue weighted by molar-refractivity contribution is 5.28. The molecule has 0 aliphatic carbocycles. The summed E-state index contributed by atoms with van der Waals surface area (Å²) in [7, 11) is 0. The Balaban J connectivity index is 2.30. The molecule has 0 bridgehead atoms. The van der Waals surface area contributed by atoms with Crippen LogP contribution in [-0.4, -0.2) is 6.54 Å². The molecule has 1 aromatic carbocycles. The second kappa shape index (κ2) is 6.76. The topological polar surface area (TPSA) is 25.2 Å². The maximum absolute atomic E-state index is 5.55. The van der Waals surface area contributed by atoms with Gasteiger partial charge in [-0.25, -0.2) is 0 Å². The van der Waals surface area contributed by atoms with Gasteiger partial charge in [-0.15, -0.1) is 13.2 Å². The third-order valence-electron chi connectivity index (χ3n) is 3.13. The van der Waals surface area contributed by atoms with E-state index in [1.807, 2.05) is 42.5 Å². The molecule has 0 saturated heterocycles. The van der Waals surface area contributed by atoms with E-state index in [0.717, 1.165) is 12.3 Å². The standard InChI is InChI=1S/C17H19NO/c1-3-12-18-17(16-11-8-13-19-16)15(4-2)14-9-6-5-7-10-14/h3-11,13,15,17-18H,1-2,12H2. The zero-order chi connectivity index (χ0) is 13.5. The molecule has 2 nitrogen and oxygen atoms in total. The number of hydrogen-bond acceptors (Lipinski definition) is 2. The molecule has 0 amide bonds. The lowest BCUT2D eigenvalue weighted by atomic mass is 9.90. The summed E-state index contributed by atoms with van der Waals surface area (Å²) < 4.78 is 5.55. The van der Waals surface area contributed by atoms with Gasteiger partial charge in [0.25, 0.3) is 0 Å². The van der Waals surface area contributed by atoms with Crippen molar-refractivity contribution in [2.24, 2.45) is 0 Å². The molecular weight excluding hydrogens is 234 g/mol. The van der Waals surface area contributed by atoms with Crippen LogP contribution in [0.3, 0.4) is 0 Å². The fourth-order valence-electron chi connectivity index (χ4n) is 2.22. The van der Waals surface area contributed by atoms with Crippen molar-refractivity contribution in [3.63, 3.8) is 0 Å². The van der Waals surface area contributed by atoms with Gasteiger partial charge in [0.05, 0.1) is 12.3 Å². The van der Waals surface area contributed by atoms with Crippen LogP contribution in [0, 0.1) is 0 Å². The molecule has 0 spiro atoms. The van der Waals surface area contributed by atoms with Crippen LogP contribution in [0.25, 0.3) is 0 Å². The number of rotatable bonds is 7. The van der Waals surface area contributed by atoms with Crippen molar-refractivity contribution in [3.8, 4) is 0 Å². The second-order valence-electron chi connectivity index (χ2n) is 4.36. The highest BCUT2D eigenvalue weighted by atomic mass is 16.3. The van der Waals surface area contributed by atoms with E-state index in [9.17, 15) is 0 Å². The minimum absolute atomic E-state index is 0.0629. The number of furan rings is 1. The van der Waals surface area contributed by atoms with Crippen molar-refractivity contribution in [2.75, 3.05) is 6.54 Å². The fourth-order valence-corrected chi connectivity index (χ4v) is 2.22. The van der Waals surface area contributed by atoms with E-state index >= 15 is 0 Å². The van der Waals surface area contributed by atoms with E-state index in [2.05, 4.69) is 30.6 Å². The summed E-state index contributed by atoms with van der Waals surface area (Å²) in [5, 5.41) is 3.44. The van der Waals surface area contributed by atoms with Gasteiger partial charge in [-0.2, -0.15) is 0 Å². The van der Waals surface area contributed by atoms with E-state index in [-0.39, 0.29) is 12.0 Å². The molecule has 1 heterocycles. The molecule has 2 atom stereocenters. The lowest BCUT2D eigenvalue weighted by Crippen LogP contribution is -2.26. The van der Waals surface area contributed by atoms with Crippen LogP contribution in [0.15, 0.2) is 78.5 Å². The predicted molar refractivity (Wildman–Crippen MR) is 79.0 cm³/mol. The van der Waals surface area contributed by atoms with Gasteiger partial charge in [-0.3, -0.25) is 0 Å². The molecule has 2 unspecified atom stereocenters. The maximum atomic E-state index is 5.55. The second-order valence-corrected chi connectivity index (χ2v) is 4.36. The van der Waals surface area contributed by atoms with Gasteiger partial charge >= 0.3 is 0 Å². The molecule has 0 fully saturated rings. The lowest BCUT2D eigenvalue weighted by molar-refractivity contribution is 0.401. The minimum atomic E-state index is 0.0629. The molecule has 2 heteroatoms. The molecular formula is C17H19NO. The van der Waals surface area contributed by atoms with Gasteiger partial charge in [0.1, 0.15) is 5.76 Å². The van der Waals surface area contributed by atoms with Crippen molar-refractivity contribution in [2.45, 2.75) is 12.0 Å². The van der Waals surface area contributed by atoms with Gasteiger partial charge in [-0.1, -0.05) is 42.5 Å². The normalized spacial score (nSPS) is 13.7. The molecule has 0 aliphatic rings. The highest BCUT2D eigenvalue weighted by Crippen LogP contribution is 2.32. The Kier molecular flexibility index (Phi) is 4.76. The smallest absolute Gasteiger partial charge is 0.121 e. The van der Waals surface area contributed by atoms with Crippen molar-refractivity contribution in [3.05, 3.63) is 85.4 Å². The van der Waals surface area contributed by atoms with Crippen LogP contribution in [0.1, 0.15) is 23.3 Å². The fraction of sp³-hybridized carbons (Fsp3) is 0.176. The maximum Gasteiger partial charge on any atom is 0.121 e. The van der Waals surface area contributed by atoms with Gasteiger partial charge in [0.15, 0.2) is 0 Å². The number of hydrogen-bond donors (Lipinski definition) is 1. The average Bonchev–Trinajstić information content (AvgIpc) is 2.98. The summed E-state index contributed by atoms with van der Waals surface area (Å²) in [6.07, 6.45) is 5.50. The predicted octanol–water partition coefficient (Wildman–Crippen LogP) is 4.07. The monoisotopic (exact) mass is 253 g/mol. The van der Waals surface area contributed by atoms with Crippen molar-refractivity contribution in [1.82, 2.24) is 5.32 Å². The van der Waals surface area contributed by atoms with Crippen LogP contribution in [0.2, 0.25) is 0 Å². The highest BCUT2D eigenvalue weighted by Gasteiger charge is 2.23. The quantitative estimate of drug-likeness (QED) is 0.753. The van der Waals surface area contributed by atoms with Crippen LogP contribution in [-0.2, 0) is 0 Å². The summed E-state index contributed by atoms with van der Waals surface area (Å²) >= 11 is 0. The first-order valence-electron chi connectivity index (χ1n) is 6.42. The van der Waals surface area contributed by atoms with Gasteiger partial charge in [-0.05, 0) is 17.7 Å². The minimum Gasteiger partial charge on any atom is -0.468 e. The Hall–Kier alpha value is -2.06. The van der Waals surface area contributed by atoms with Crippen LogP contribution in [0.5, 0.6) is 0 Å². The summed E-state index contributed by atoms with van der Waals surface area (Å²) in [4.78, 5) is 0. The summed E-state index contributed by atoms with van der Waals surface area (Å²) in [5.74, 6) is 1.07. The van der Waals surface area contributed by atoms with Crippen LogP contribution < -0.4 is 5.32 Å².